The lowest BCUT2D eigenvalue weighted by Crippen LogP contribution is -2.42. The number of rotatable bonds is 4. The number of nitrogens with one attached hydrogen (secondary N) is 1. The summed E-state index contributed by atoms with van der Waals surface area (Å²) < 4.78 is 45.9. The van der Waals surface area contributed by atoms with Gasteiger partial charge in [0.25, 0.3) is 0 Å². The zero-order valence-corrected chi connectivity index (χ0v) is 10.7. The van der Waals surface area contributed by atoms with E-state index in [1.807, 2.05) is 0 Å². The van der Waals surface area contributed by atoms with Gasteiger partial charge in [-0.2, -0.15) is 0 Å². The Bertz CT molecular complexity index is 445. The van der Waals surface area contributed by atoms with E-state index in [0.29, 0.717) is 26.1 Å². The van der Waals surface area contributed by atoms with Crippen molar-refractivity contribution in [2.75, 3.05) is 25.1 Å². The summed E-state index contributed by atoms with van der Waals surface area (Å²) in [6, 6.07) is 5.75. The number of aliphatic hydroxyl groups is 1. The van der Waals surface area contributed by atoms with E-state index in [0.717, 1.165) is 0 Å². The van der Waals surface area contributed by atoms with Gasteiger partial charge in [0.1, 0.15) is 0 Å². The van der Waals surface area contributed by atoms with Crippen LogP contribution >= 0.6 is 0 Å². The maximum Gasteiger partial charge on any atom is 0.573 e. The number of halogens is 3. The van der Waals surface area contributed by atoms with Crippen LogP contribution in [0.3, 0.4) is 0 Å². The Kier molecular flexibility index (Phi) is 4.39. The first-order valence-electron chi connectivity index (χ1n) is 6.27. The lowest BCUT2D eigenvalue weighted by Gasteiger charge is -2.32. The Morgan fingerprint density at radius 3 is 2.55 bits per heavy atom. The Morgan fingerprint density at radius 2 is 1.90 bits per heavy atom. The molecule has 2 N–H and O–H groups in total. The largest absolute Gasteiger partial charge is 0.573 e. The molecule has 1 aliphatic heterocycles. The van der Waals surface area contributed by atoms with Crippen LogP contribution in [0.15, 0.2) is 24.3 Å². The predicted octanol–water partition coefficient (Wildman–Crippen LogP) is 2.54. The van der Waals surface area contributed by atoms with Crippen LogP contribution in [0.1, 0.15) is 12.8 Å². The molecule has 4 nitrogen and oxygen atoms in total. The van der Waals surface area contributed by atoms with Gasteiger partial charge < -0.3 is 19.9 Å². The van der Waals surface area contributed by atoms with Crippen molar-refractivity contribution in [3.8, 4) is 5.75 Å². The molecule has 0 spiro atoms. The molecule has 0 amide bonds. The SMILES string of the molecule is OC1(CNc2ccccc2OC(F)(F)F)CCOCC1. The van der Waals surface area contributed by atoms with E-state index >= 15 is 0 Å². The third kappa shape index (κ3) is 4.28. The van der Waals surface area contributed by atoms with E-state index in [1.54, 1.807) is 6.07 Å². The maximum absolute atomic E-state index is 12.3. The highest BCUT2D eigenvalue weighted by molar-refractivity contribution is 5.56. The molecule has 1 aliphatic rings. The normalized spacial score (nSPS) is 18.6. The summed E-state index contributed by atoms with van der Waals surface area (Å²) in [6.45, 7) is 1.03. The number of benzene rings is 1. The fourth-order valence-corrected chi connectivity index (χ4v) is 2.01. The van der Waals surface area contributed by atoms with Crippen LogP contribution in [0.5, 0.6) is 5.75 Å². The third-order valence-electron chi connectivity index (χ3n) is 3.14. The van der Waals surface area contributed by atoms with Gasteiger partial charge in [0.05, 0.1) is 11.3 Å². The van der Waals surface area contributed by atoms with Gasteiger partial charge in [0.2, 0.25) is 0 Å². The summed E-state index contributed by atoms with van der Waals surface area (Å²) in [5.74, 6) is -0.310. The average Bonchev–Trinajstić information content (AvgIpc) is 2.37. The number of hydrogen-bond acceptors (Lipinski definition) is 4. The minimum atomic E-state index is -4.74. The van der Waals surface area contributed by atoms with Crippen LogP contribution in [-0.2, 0) is 4.74 Å². The molecule has 1 aromatic carbocycles. The molecule has 1 aromatic rings. The first kappa shape index (κ1) is 14.9. The van der Waals surface area contributed by atoms with Crippen LogP contribution in [-0.4, -0.2) is 36.8 Å². The Hall–Kier alpha value is -1.47. The highest BCUT2D eigenvalue weighted by atomic mass is 19.4. The fourth-order valence-electron chi connectivity index (χ4n) is 2.01. The predicted molar refractivity (Wildman–Crippen MR) is 66.6 cm³/mol. The molecule has 0 aliphatic carbocycles. The number of hydrogen-bond donors (Lipinski definition) is 2. The van der Waals surface area contributed by atoms with Gasteiger partial charge in [-0.3, -0.25) is 0 Å². The first-order valence-corrected chi connectivity index (χ1v) is 6.27. The van der Waals surface area contributed by atoms with Gasteiger partial charge in [0, 0.05) is 32.6 Å². The molecule has 7 heteroatoms. The van der Waals surface area contributed by atoms with E-state index < -0.39 is 12.0 Å². The molecule has 0 atom stereocenters. The van der Waals surface area contributed by atoms with Crippen molar-refractivity contribution in [2.45, 2.75) is 24.8 Å². The van der Waals surface area contributed by atoms with E-state index in [9.17, 15) is 18.3 Å². The second kappa shape index (κ2) is 5.88. The Balaban J connectivity index is 2.02. The van der Waals surface area contributed by atoms with Crippen molar-refractivity contribution in [3.63, 3.8) is 0 Å². The molecule has 1 fully saturated rings. The van der Waals surface area contributed by atoms with Crippen molar-refractivity contribution < 1.29 is 27.8 Å². The van der Waals surface area contributed by atoms with Crippen molar-refractivity contribution in [1.82, 2.24) is 0 Å². The molecule has 0 unspecified atom stereocenters. The first-order chi connectivity index (χ1) is 9.38. The number of ether oxygens (including phenoxy) is 2. The molecule has 1 saturated heterocycles. The standard InChI is InChI=1S/C13H16F3NO3/c14-13(15,16)20-11-4-2-1-3-10(11)17-9-12(18)5-7-19-8-6-12/h1-4,17-18H,5-9H2. The maximum atomic E-state index is 12.3. The number of anilines is 1. The molecule has 20 heavy (non-hydrogen) atoms. The molecule has 0 bridgehead atoms. The van der Waals surface area contributed by atoms with E-state index in [1.165, 1.54) is 18.2 Å². The van der Waals surface area contributed by atoms with Crippen LogP contribution in [0, 0.1) is 0 Å². The van der Waals surface area contributed by atoms with Crippen LogP contribution in [0.2, 0.25) is 0 Å². The number of alkyl halides is 3. The molecular weight excluding hydrogens is 275 g/mol. The van der Waals surface area contributed by atoms with Crippen molar-refractivity contribution >= 4 is 5.69 Å². The van der Waals surface area contributed by atoms with Crippen molar-refractivity contribution in [1.29, 1.82) is 0 Å². The molecule has 0 saturated carbocycles. The lowest BCUT2D eigenvalue weighted by molar-refractivity contribution is -0.274. The smallest absolute Gasteiger partial charge is 0.404 e. The highest BCUT2D eigenvalue weighted by Crippen LogP contribution is 2.31. The summed E-state index contributed by atoms with van der Waals surface area (Å²) in [7, 11) is 0. The summed E-state index contributed by atoms with van der Waals surface area (Å²) in [5.41, 5.74) is -0.770. The van der Waals surface area contributed by atoms with E-state index in [4.69, 9.17) is 4.74 Å². The summed E-state index contributed by atoms with van der Waals surface area (Å²) in [5, 5.41) is 13.1. The summed E-state index contributed by atoms with van der Waals surface area (Å²) in [6.07, 6.45) is -3.85. The second-order valence-electron chi connectivity index (χ2n) is 4.73. The topological polar surface area (TPSA) is 50.7 Å². The zero-order valence-electron chi connectivity index (χ0n) is 10.7. The van der Waals surface area contributed by atoms with Gasteiger partial charge in [0.15, 0.2) is 5.75 Å². The summed E-state index contributed by atoms with van der Waals surface area (Å²) >= 11 is 0. The van der Waals surface area contributed by atoms with Crippen LogP contribution < -0.4 is 10.1 Å². The van der Waals surface area contributed by atoms with E-state index in [2.05, 4.69) is 10.1 Å². The van der Waals surface area contributed by atoms with Gasteiger partial charge >= 0.3 is 6.36 Å². The molecule has 1 heterocycles. The lowest BCUT2D eigenvalue weighted by atomic mass is 9.94. The Morgan fingerprint density at radius 1 is 1.25 bits per heavy atom. The second-order valence-corrected chi connectivity index (χ2v) is 4.73. The van der Waals surface area contributed by atoms with Crippen molar-refractivity contribution in [3.05, 3.63) is 24.3 Å². The van der Waals surface area contributed by atoms with Crippen LogP contribution in [0.25, 0.3) is 0 Å². The van der Waals surface area contributed by atoms with Gasteiger partial charge in [-0.05, 0) is 12.1 Å². The molecule has 2 rings (SSSR count). The average molecular weight is 291 g/mol. The number of para-hydroxylation sites is 2. The summed E-state index contributed by atoms with van der Waals surface area (Å²) in [4.78, 5) is 0. The Labute approximate surface area is 114 Å². The van der Waals surface area contributed by atoms with Crippen LogP contribution in [0.4, 0.5) is 18.9 Å². The minimum Gasteiger partial charge on any atom is -0.404 e. The zero-order chi connectivity index (χ0) is 14.6. The van der Waals surface area contributed by atoms with Gasteiger partial charge in [-0.15, -0.1) is 13.2 Å². The van der Waals surface area contributed by atoms with Crippen molar-refractivity contribution in [2.24, 2.45) is 0 Å². The minimum absolute atomic E-state index is 0.147. The van der Waals surface area contributed by atoms with E-state index in [-0.39, 0.29) is 18.0 Å². The molecule has 0 aromatic heterocycles. The molecule has 112 valence electrons. The highest BCUT2D eigenvalue weighted by Gasteiger charge is 2.33. The monoisotopic (exact) mass is 291 g/mol. The fraction of sp³-hybridized carbons (Fsp3) is 0.538. The molecule has 0 radical (unpaired) electrons. The third-order valence-corrected chi connectivity index (χ3v) is 3.14. The quantitative estimate of drug-likeness (QED) is 0.895. The molecular formula is C13H16F3NO3. The van der Waals surface area contributed by atoms with Gasteiger partial charge in [-0.25, -0.2) is 0 Å². The van der Waals surface area contributed by atoms with Gasteiger partial charge in [-0.1, -0.05) is 12.1 Å².